The fourth-order valence-electron chi connectivity index (χ4n) is 1.59. The lowest BCUT2D eigenvalue weighted by Crippen LogP contribution is -2.46. The largest absolute Gasteiger partial charge is 0.573 e. The summed E-state index contributed by atoms with van der Waals surface area (Å²) in [5, 5.41) is 4.41. The second-order valence-electron chi connectivity index (χ2n) is 5.24. The molecule has 0 aliphatic heterocycles. The summed E-state index contributed by atoms with van der Waals surface area (Å²) in [6.07, 6.45) is -6.12. The predicted octanol–water partition coefficient (Wildman–Crippen LogP) is 2.36. The predicted molar refractivity (Wildman–Crippen MR) is 79.8 cm³/mol. The number of imide groups is 1. The summed E-state index contributed by atoms with van der Waals surface area (Å²) in [6, 6.07) is 3.05. The van der Waals surface area contributed by atoms with Gasteiger partial charge >= 0.3 is 18.4 Å². The molecule has 0 bridgehead atoms. The summed E-state index contributed by atoms with van der Waals surface area (Å²) in [7, 11) is 0. The normalized spacial score (nSPS) is 12.3. The summed E-state index contributed by atoms with van der Waals surface area (Å²) < 4.78 is 44.7. The second-order valence-corrected chi connectivity index (χ2v) is 5.24. The maximum absolute atomic E-state index is 12.1. The molecule has 1 aromatic carbocycles. The van der Waals surface area contributed by atoms with Gasteiger partial charge in [-0.1, -0.05) is 0 Å². The molecule has 0 radical (unpaired) electrons. The van der Waals surface area contributed by atoms with Gasteiger partial charge in [-0.2, -0.15) is 0 Å². The van der Waals surface area contributed by atoms with Crippen LogP contribution in [0.5, 0.6) is 5.75 Å². The summed E-state index contributed by atoms with van der Waals surface area (Å²) in [6.45, 7) is 4.64. The van der Waals surface area contributed by atoms with Crippen LogP contribution in [0.2, 0.25) is 0 Å². The Morgan fingerprint density at radius 1 is 1.04 bits per heavy atom. The van der Waals surface area contributed by atoms with Crippen molar-refractivity contribution in [3.63, 3.8) is 0 Å². The van der Waals surface area contributed by atoms with Crippen LogP contribution in [0.4, 0.5) is 18.0 Å². The molecule has 0 fully saturated rings. The molecule has 1 aromatic rings. The van der Waals surface area contributed by atoms with E-state index in [1.165, 1.54) is 6.92 Å². The molecule has 0 unspecified atom stereocenters. The minimum Gasteiger partial charge on any atom is -0.449 e. The highest BCUT2D eigenvalue weighted by atomic mass is 19.4. The third-order valence-electron chi connectivity index (χ3n) is 2.63. The van der Waals surface area contributed by atoms with Gasteiger partial charge in [-0.15, -0.1) is 13.2 Å². The smallest absolute Gasteiger partial charge is 0.449 e. The van der Waals surface area contributed by atoms with Crippen molar-refractivity contribution in [1.29, 1.82) is 0 Å². The Balaban J connectivity index is 2.60. The quantitative estimate of drug-likeness (QED) is 0.785. The zero-order valence-corrected chi connectivity index (χ0v) is 13.6. The summed E-state index contributed by atoms with van der Waals surface area (Å²) in [4.78, 5) is 35.0. The van der Waals surface area contributed by atoms with Gasteiger partial charge in [0.25, 0.3) is 5.91 Å². The number of carbonyl (C=O) groups excluding carboxylic acids is 3. The van der Waals surface area contributed by atoms with Crippen LogP contribution in [0.3, 0.4) is 0 Å². The molecule has 0 spiro atoms. The number of urea groups is 1. The highest BCUT2D eigenvalue weighted by molar-refractivity contribution is 5.98. The fraction of sp³-hybridized carbons (Fsp3) is 0.400. The number of benzene rings is 1. The molecule has 0 aromatic heterocycles. The Morgan fingerprint density at radius 3 is 2.08 bits per heavy atom. The minimum atomic E-state index is -4.84. The number of rotatable bonds is 5. The first-order valence-corrected chi connectivity index (χ1v) is 7.16. The molecule has 1 rings (SSSR count). The first-order valence-electron chi connectivity index (χ1n) is 7.16. The molecule has 0 heterocycles. The van der Waals surface area contributed by atoms with E-state index in [9.17, 15) is 27.6 Å². The van der Waals surface area contributed by atoms with Crippen molar-refractivity contribution in [2.24, 2.45) is 0 Å². The fourth-order valence-corrected chi connectivity index (χ4v) is 1.59. The van der Waals surface area contributed by atoms with Crippen molar-refractivity contribution in [3.05, 3.63) is 29.8 Å². The van der Waals surface area contributed by atoms with Gasteiger partial charge in [0.1, 0.15) is 5.75 Å². The van der Waals surface area contributed by atoms with Crippen molar-refractivity contribution < 1.29 is 37.0 Å². The van der Waals surface area contributed by atoms with E-state index < -0.39 is 36.1 Å². The van der Waals surface area contributed by atoms with E-state index in [1.807, 2.05) is 5.32 Å². The zero-order chi connectivity index (χ0) is 19.2. The van der Waals surface area contributed by atoms with Gasteiger partial charge in [0, 0.05) is 6.04 Å². The molecule has 10 heteroatoms. The van der Waals surface area contributed by atoms with Crippen LogP contribution in [-0.2, 0) is 9.53 Å². The maximum atomic E-state index is 12.1. The van der Waals surface area contributed by atoms with Gasteiger partial charge in [0.15, 0.2) is 6.10 Å². The number of alkyl halides is 3. The zero-order valence-electron chi connectivity index (χ0n) is 13.6. The molecular formula is C15H17F3N2O5. The molecule has 0 aliphatic rings. The molecule has 2 N–H and O–H groups in total. The van der Waals surface area contributed by atoms with E-state index in [4.69, 9.17) is 4.74 Å². The molecule has 138 valence electrons. The lowest BCUT2D eigenvalue weighted by atomic mass is 10.2. The van der Waals surface area contributed by atoms with E-state index in [1.54, 1.807) is 13.8 Å². The Bertz CT molecular complexity index is 629. The van der Waals surface area contributed by atoms with Gasteiger partial charge in [-0.25, -0.2) is 9.59 Å². The van der Waals surface area contributed by atoms with Crippen LogP contribution >= 0.6 is 0 Å². The highest BCUT2D eigenvalue weighted by Crippen LogP contribution is 2.23. The van der Waals surface area contributed by atoms with Gasteiger partial charge in [0.2, 0.25) is 0 Å². The molecule has 3 amide bonds. The van der Waals surface area contributed by atoms with Crippen molar-refractivity contribution in [1.82, 2.24) is 10.6 Å². The minimum absolute atomic E-state index is 0.0826. The van der Waals surface area contributed by atoms with Crippen LogP contribution in [0.1, 0.15) is 31.1 Å². The molecule has 25 heavy (non-hydrogen) atoms. The molecule has 0 aliphatic carbocycles. The van der Waals surface area contributed by atoms with E-state index in [-0.39, 0.29) is 11.6 Å². The second kappa shape index (κ2) is 8.36. The van der Waals surface area contributed by atoms with Crippen molar-refractivity contribution in [3.8, 4) is 5.75 Å². The van der Waals surface area contributed by atoms with Gasteiger partial charge in [0.05, 0.1) is 5.56 Å². The molecular weight excluding hydrogens is 345 g/mol. The van der Waals surface area contributed by atoms with Crippen LogP contribution in [0.15, 0.2) is 24.3 Å². The van der Waals surface area contributed by atoms with Crippen molar-refractivity contribution in [2.75, 3.05) is 0 Å². The average Bonchev–Trinajstić information content (AvgIpc) is 2.45. The first kappa shape index (κ1) is 20.3. The van der Waals surface area contributed by atoms with Crippen LogP contribution < -0.4 is 15.4 Å². The van der Waals surface area contributed by atoms with Crippen molar-refractivity contribution >= 4 is 17.9 Å². The molecule has 7 nitrogen and oxygen atoms in total. The van der Waals surface area contributed by atoms with E-state index >= 15 is 0 Å². The first-order chi connectivity index (χ1) is 11.5. The number of ether oxygens (including phenoxy) is 2. The van der Waals surface area contributed by atoms with E-state index in [0.717, 1.165) is 24.3 Å². The van der Waals surface area contributed by atoms with Gasteiger partial charge < -0.3 is 14.8 Å². The number of halogens is 3. The van der Waals surface area contributed by atoms with Gasteiger partial charge in [-0.05, 0) is 45.0 Å². The van der Waals surface area contributed by atoms with Crippen molar-refractivity contribution in [2.45, 2.75) is 39.3 Å². The monoisotopic (exact) mass is 362 g/mol. The molecule has 0 saturated heterocycles. The van der Waals surface area contributed by atoms with E-state index in [0.29, 0.717) is 0 Å². The topological polar surface area (TPSA) is 93.7 Å². The molecule has 1 atom stereocenters. The number of carbonyl (C=O) groups is 3. The average molecular weight is 362 g/mol. The van der Waals surface area contributed by atoms with Crippen LogP contribution in [0, 0.1) is 0 Å². The Morgan fingerprint density at radius 2 is 1.60 bits per heavy atom. The number of amides is 3. The summed E-state index contributed by atoms with van der Waals surface area (Å²) in [5.41, 5.74) is -0.0826. The maximum Gasteiger partial charge on any atom is 0.573 e. The number of nitrogens with one attached hydrogen (secondary N) is 2. The summed E-state index contributed by atoms with van der Waals surface area (Å²) in [5.74, 6) is -2.28. The third-order valence-corrected chi connectivity index (χ3v) is 2.63. The third kappa shape index (κ3) is 7.55. The number of hydrogen-bond donors (Lipinski definition) is 2. The van der Waals surface area contributed by atoms with Gasteiger partial charge in [-0.3, -0.25) is 10.1 Å². The lowest BCUT2D eigenvalue weighted by Gasteiger charge is -2.14. The molecule has 0 saturated carbocycles. The Kier molecular flexibility index (Phi) is 6.77. The highest BCUT2D eigenvalue weighted by Gasteiger charge is 2.31. The number of hydrogen-bond acceptors (Lipinski definition) is 5. The van der Waals surface area contributed by atoms with Crippen LogP contribution in [-0.4, -0.2) is 36.4 Å². The van der Waals surface area contributed by atoms with E-state index in [2.05, 4.69) is 10.1 Å². The van der Waals surface area contributed by atoms with Crippen LogP contribution in [0.25, 0.3) is 0 Å². The Labute approximate surface area is 141 Å². The SMILES string of the molecule is CC(C)NC(=O)NC(=O)[C@H](C)OC(=O)c1ccc(OC(F)(F)F)cc1. The summed E-state index contributed by atoms with van der Waals surface area (Å²) >= 11 is 0. The lowest BCUT2D eigenvalue weighted by molar-refractivity contribution is -0.274. The standard InChI is InChI=1S/C15H17F3N2O5/c1-8(2)19-14(23)20-12(21)9(3)24-13(22)10-4-6-11(7-5-10)25-15(16,17)18/h4-9H,1-3H3,(H2,19,20,21,23)/t9-/m0/s1. The number of esters is 1. The Hall–Kier alpha value is -2.78.